The molecule has 2 aromatic heterocycles. The lowest BCUT2D eigenvalue weighted by atomic mass is 10.0. The second-order valence-corrected chi connectivity index (χ2v) is 7.73. The quantitative estimate of drug-likeness (QED) is 0.490. The molecule has 0 radical (unpaired) electrons. The van der Waals surface area contributed by atoms with Gasteiger partial charge in [-0.15, -0.1) is 11.3 Å². The third-order valence-corrected chi connectivity index (χ3v) is 5.53. The first kappa shape index (κ1) is 17.4. The van der Waals surface area contributed by atoms with Gasteiger partial charge in [0, 0.05) is 10.4 Å². The molecule has 0 aliphatic rings. The lowest BCUT2D eigenvalue weighted by Crippen LogP contribution is -2.27. The Kier molecular flexibility index (Phi) is 4.46. The summed E-state index contributed by atoms with van der Waals surface area (Å²) >= 11 is 1.49. The maximum absolute atomic E-state index is 12.7. The van der Waals surface area contributed by atoms with Crippen molar-refractivity contribution in [2.24, 2.45) is 0 Å². The largest absolute Gasteiger partial charge is 0.292 e. The van der Waals surface area contributed by atoms with Crippen molar-refractivity contribution in [3.8, 4) is 11.1 Å². The van der Waals surface area contributed by atoms with E-state index >= 15 is 0 Å². The molecule has 0 atom stereocenters. The average molecular weight is 374 g/mol. The van der Waals surface area contributed by atoms with Gasteiger partial charge in [-0.05, 0) is 31.0 Å². The molecule has 0 fully saturated rings. The van der Waals surface area contributed by atoms with Crippen molar-refractivity contribution in [1.29, 1.82) is 0 Å². The van der Waals surface area contributed by atoms with Crippen LogP contribution in [0.3, 0.4) is 0 Å². The predicted octanol–water partition coefficient (Wildman–Crippen LogP) is 4.62. The first-order chi connectivity index (χ1) is 13.0. The van der Waals surface area contributed by atoms with Crippen molar-refractivity contribution in [2.75, 3.05) is 0 Å². The summed E-state index contributed by atoms with van der Waals surface area (Å²) < 4.78 is 1.46. The number of hydrogen-bond donors (Lipinski definition) is 0. The number of benzene rings is 2. The molecule has 0 aliphatic heterocycles. The Labute approximate surface area is 160 Å². The van der Waals surface area contributed by atoms with E-state index in [1.54, 1.807) is 6.92 Å². The summed E-state index contributed by atoms with van der Waals surface area (Å²) in [6.07, 6.45) is 0. The number of aryl methyl sites for hydroxylation is 2. The molecule has 4 aromatic rings. The molecule has 0 saturated carbocycles. The van der Waals surface area contributed by atoms with Gasteiger partial charge >= 0.3 is 0 Å². The Morgan fingerprint density at radius 1 is 1.00 bits per heavy atom. The van der Waals surface area contributed by atoms with Crippen LogP contribution in [-0.4, -0.2) is 15.3 Å². The van der Waals surface area contributed by atoms with E-state index in [2.05, 4.69) is 4.98 Å². The zero-order valence-corrected chi connectivity index (χ0v) is 15.9. The summed E-state index contributed by atoms with van der Waals surface area (Å²) in [5.41, 5.74) is 2.59. The molecule has 0 bridgehead atoms. The standard InChI is InChI=1S/C22H18N2O2S/c1-14-12-19-21(27-14)23-15(2)24(22(19)26)13-20(25)18-10-8-17(9-11-18)16-6-4-3-5-7-16/h3-12H,13H2,1-2H3. The van der Waals surface area contributed by atoms with Crippen LogP contribution in [0.5, 0.6) is 0 Å². The third-order valence-electron chi connectivity index (χ3n) is 4.58. The minimum absolute atomic E-state index is 0.00676. The lowest BCUT2D eigenvalue weighted by Gasteiger charge is -2.09. The van der Waals surface area contributed by atoms with E-state index in [1.807, 2.05) is 67.6 Å². The van der Waals surface area contributed by atoms with Crippen LogP contribution in [0, 0.1) is 13.8 Å². The fourth-order valence-corrected chi connectivity index (χ4v) is 4.05. The molecule has 2 heterocycles. The smallest absolute Gasteiger partial charge is 0.262 e. The first-order valence-electron chi connectivity index (χ1n) is 8.69. The first-order valence-corrected chi connectivity index (χ1v) is 9.51. The minimum Gasteiger partial charge on any atom is -0.292 e. The Balaban J connectivity index is 1.63. The zero-order valence-electron chi connectivity index (χ0n) is 15.1. The molecule has 0 N–H and O–H groups in total. The van der Waals surface area contributed by atoms with Gasteiger partial charge < -0.3 is 0 Å². The Morgan fingerprint density at radius 2 is 1.67 bits per heavy atom. The van der Waals surface area contributed by atoms with Crippen LogP contribution in [-0.2, 0) is 6.54 Å². The molecule has 0 saturated heterocycles. The van der Waals surface area contributed by atoms with Crippen LogP contribution < -0.4 is 5.56 Å². The molecule has 0 unspecified atom stereocenters. The highest BCUT2D eigenvalue weighted by Gasteiger charge is 2.14. The maximum Gasteiger partial charge on any atom is 0.262 e. The second kappa shape index (κ2) is 6.93. The average Bonchev–Trinajstić information content (AvgIpc) is 3.06. The van der Waals surface area contributed by atoms with Gasteiger partial charge in [0.15, 0.2) is 5.78 Å². The summed E-state index contributed by atoms with van der Waals surface area (Å²) in [4.78, 5) is 31.7. The van der Waals surface area contributed by atoms with E-state index in [4.69, 9.17) is 0 Å². The number of Topliss-reactive ketones (excluding diaryl/α,β-unsaturated/α-hetero) is 1. The predicted molar refractivity (Wildman–Crippen MR) is 110 cm³/mol. The second-order valence-electron chi connectivity index (χ2n) is 6.49. The number of aromatic nitrogens is 2. The number of thiophene rings is 1. The van der Waals surface area contributed by atoms with Gasteiger partial charge in [-0.25, -0.2) is 4.98 Å². The molecule has 27 heavy (non-hydrogen) atoms. The number of carbonyl (C=O) groups is 1. The van der Waals surface area contributed by atoms with E-state index < -0.39 is 0 Å². The Bertz CT molecular complexity index is 1190. The van der Waals surface area contributed by atoms with E-state index in [9.17, 15) is 9.59 Å². The van der Waals surface area contributed by atoms with Crippen LogP contribution >= 0.6 is 11.3 Å². The number of nitrogens with zero attached hydrogens (tertiary/aromatic N) is 2. The summed E-state index contributed by atoms with van der Waals surface area (Å²) in [6.45, 7) is 3.71. The molecule has 0 aliphatic carbocycles. The fraction of sp³-hybridized carbons (Fsp3) is 0.136. The van der Waals surface area contributed by atoms with Crippen LogP contribution in [0.1, 0.15) is 21.1 Å². The van der Waals surface area contributed by atoms with E-state index in [0.717, 1.165) is 20.8 Å². The summed E-state index contributed by atoms with van der Waals surface area (Å²) in [5.74, 6) is 0.455. The van der Waals surface area contributed by atoms with Crippen molar-refractivity contribution in [3.63, 3.8) is 0 Å². The molecule has 134 valence electrons. The van der Waals surface area contributed by atoms with Gasteiger partial charge in [0.05, 0.1) is 11.9 Å². The number of fused-ring (bicyclic) bond motifs is 1. The van der Waals surface area contributed by atoms with Crippen molar-refractivity contribution in [1.82, 2.24) is 9.55 Å². The zero-order chi connectivity index (χ0) is 19.0. The minimum atomic E-state index is -0.156. The number of carbonyl (C=O) groups excluding carboxylic acids is 1. The molecule has 4 nitrogen and oxygen atoms in total. The SMILES string of the molecule is Cc1cc2c(=O)n(CC(=O)c3ccc(-c4ccccc4)cc3)c(C)nc2s1. The van der Waals surface area contributed by atoms with Crippen LogP contribution in [0.25, 0.3) is 21.3 Å². The maximum atomic E-state index is 12.7. The Hall–Kier alpha value is -3.05. The topological polar surface area (TPSA) is 52.0 Å². The molecule has 0 spiro atoms. The molecule has 5 heteroatoms. The van der Waals surface area contributed by atoms with Crippen LogP contribution in [0.15, 0.2) is 65.5 Å². The molecular formula is C22H18N2O2S. The molecule has 2 aromatic carbocycles. The van der Waals surface area contributed by atoms with Gasteiger partial charge in [0.25, 0.3) is 5.56 Å². The highest BCUT2D eigenvalue weighted by atomic mass is 32.1. The van der Waals surface area contributed by atoms with E-state index in [0.29, 0.717) is 16.8 Å². The summed E-state index contributed by atoms with van der Waals surface area (Å²) in [6, 6.07) is 19.3. The van der Waals surface area contributed by atoms with E-state index in [-0.39, 0.29) is 17.9 Å². The van der Waals surface area contributed by atoms with Crippen LogP contribution in [0.2, 0.25) is 0 Å². The number of rotatable bonds is 4. The third kappa shape index (κ3) is 3.34. The normalized spacial score (nSPS) is 11.0. The van der Waals surface area contributed by atoms with Crippen molar-refractivity contribution < 1.29 is 4.79 Å². The summed E-state index contributed by atoms with van der Waals surface area (Å²) in [5, 5.41) is 0.579. The summed E-state index contributed by atoms with van der Waals surface area (Å²) in [7, 11) is 0. The molecule has 0 amide bonds. The van der Waals surface area contributed by atoms with Crippen molar-refractivity contribution in [3.05, 3.63) is 87.3 Å². The van der Waals surface area contributed by atoms with Gasteiger partial charge in [0.2, 0.25) is 0 Å². The van der Waals surface area contributed by atoms with Crippen molar-refractivity contribution >= 4 is 27.3 Å². The van der Waals surface area contributed by atoms with Gasteiger partial charge in [-0.3, -0.25) is 14.2 Å². The van der Waals surface area contributed by atoms with Gasteiger partial charge in [-0.1, -0.05) is 54.6 Å². The monoisotopic (exact) mass is 374 g/mol. The number of hydrogen-bond acceptors (Lipinski definition) is 4. The van der Waals surface area contributed by atoms with E-state index in [1.165, 1.54) is 15.9 Å². The highest BCUT2D eigenvalue weighted by molar-refractivity contribution is 7.18. The molecular weight excluding hydrogens is 356 g/mol. The highest BCUT2D eigenvalue weighted by Crippen LogP contribution is 2.21. The number of ketones is 1. The lowest BCUT2D eigenvalue weighted by molar-refractivity contribution is 0.0969. The van der Waals surface area contributed by atoms with Gasteiger partial charge in [-0.2, -0.15) is 0 Å². The molecule has 4 rings (SSSR count). The van der Waals surface area contributed by atoms with Crippen LogP contribution in [0.4, 0.5) is 0 Å². The fourth-order valence-electron chi connectivity index (χ4n) is 3.14. The van der Waals surface area contributed by atoms with Gasteiger partial charge in [0.1, 0.15) is 10.7 Å². The Morgan fingerprint density at radius 3 is 2.37 bits per heavy atom. The van der Waals surface area contributed by atoms with Crippen molar-refractivity contribution in [2.45, 2.75) is 20.4 Å².